The van der Waals surface area contributed by atoms with Gasteiger partial charge < -0.3 is 10.2 Å². The molecule has 1 fully saturated rings. The highest BCUT2D eigenvalue weighted by Crippen LogP contribution is 2.15. The van der Waals surface area contributed by atoms with Crippen LogP contribution in [0.2, 0.25) is 0 Å². The summed E-state index contributed by atoms with van der Waals surface area (Å²) in [6.45, 7) is 6.42. The molecule has 2 rings (SSSR count). The minimum atomic E-state index is -3.07. The van der Waals surface area contributed by atoms with Crippen LogP contribution in [0.1, 0.15) is 18.9 Å². The quantitative estimate of drug-likeness (QED) is 0.782. The van der Waals surface area contributed by atoms with Crippen molar-refractivity contribution in [2.24, 2.45) is 0 Å². The second-order valence-corrected chi connectivity index (χ2v) is 7.33. The van der Waals surface area contributed by atoms with Gasteiger partial charge in [0.1, 0.15) is 5.82 Å². The van der Waals surface area contributed by atoms with E-state index in [1.54, 1.807) is 0 Å². The van der Waals surface area contributed by atoms with Crippen molar-refractivity contribution in [3.63, 3.8) is 0 Å². The standard InChI is InChI=1S/C14H24N4O2S/c1-3-6-15-11-13-4-5-14(16-12-13)17-7-9-18(10-8-17)21(2,19)20/h4-5,12,15H,3,6-11H2,1-2H3. The molecule has 1 saturated heterocycles. The fraction of sp³-hybridized carbons (Fsp3) is 0.643. The van der Waals surface area contributed by atoms with Gasteiger partial charge in [0.05, 0.1) is 6.26 Å². The highest BCUT2D eigenvalue weighted by Gasteiger charge is 2.23. The van der Waals surface area contributed by atoms with E-state index in [0.717, 1.165) is 25.3 Å². The summed E-state index contributed by atoms with van der Waals surface area (Å²) < 4.78 is 24.5. The zero-order valence-corrected chi connectivity index (χ0v) is 13.6. The molecule has 1 N–H and O–H groups in total. The van der Waals surface area contributed by atoms with Crippen molar-refractivity contribution >= 4 is 15.8 Å². The molecule has 7 heteroatoms. The average molecular weight is 312 g/mol. The maximum absolute atomic E-state index is 11.5. The SMILES string of the molecule is CCCNCc1ccc(N2CCN(S(C)(=O)=O)CC2)nc1. The minimum absolute atomic E-state index is 0.528. The third kappa shape index (κ3) is 4.66. The maximum Gasteiger partial charge on any atom is 0.211 e. The lowest BCUT2D eigenvalue weighted by molar-refractivity contribution is 0.387. The molecule has 0 saturated carbocycles. The summed E-state index contributed by atoms with van der Waals surface area (Å²) in [5, 5.41) is 3.35. The van der Waals surface area contributed by atoms with E-state index in [4.69, 9.17) is 0 Å². The molecule has 0 aliphatic carbocycles. The van der Waals surface area contributed by atoms with Crippen LogP contribution in [-0.2, 0) is 16.6 Å². The van der Waals surface area contributed by atoms with E-state index in [9.17, 15) is 8.42 Å². The molecule has 0 amide bonds. The first-order valence-corrected chi connectivity index (χ1v) is 9.21. The monoisotopic (exact) mass is 312 g/mol. The molecule has 0 radical (unpaired) electrons. The smallest absolute Gasteiger partial charge is 0.211 e. The van der Waals surface area contributed by atoms with Gasteiger partial charge in [-0.15, -0.1) is 0 Å². The van der Waals surface area contributed by atoms with Crippen LogP contribution in [0.25, 0.3) is 0 Å². The lowest BCUT2D eigenvalue weighted by atomic mass is 10.2. The number of pyridine rings is 1. The average Bonchev–Trinajstić information content (AvgIpc) is 2.48. The van der Waals surface area contributed by atoms with E-state index in [1.165, 1.54) is 16.1 Å². The summed E-state index contributed by atoms with van der Waals surface area (Å²) >= 11 is 0. The molecule has 1 aliphatic heterocycles. The Hall–Kier alpha value is -1.18. The summed E-state index contributed by atoms with van der Waals surface area (Å²) in [7, 11) is -3.07. The Morgan fingerprint density at radius 2 is 1.95 bits per heavy atom. The van der Waals surface area contributed by atoms with Gasteiger partial charge >= 0.3 is 0 Å². The van der Waals surface area contributed by atoms with Gasteiger partial charge in [-0.3, -0.25) is 0 Å². The Morgan fingerprint density at radius 3 is 2.48 bits per heavy atom. The van der Waals surface area contributed by atoms with Gasteiger partial charge in [-0.1, -0.05) is 13.0 Å². The van der Waals surface area contributed by atoms with Crippen LogP contribution >= 0.6 is 0 Å². The first kappa shape index (κ1) is 16.2. The molecule has 0 unspecified atom stereocenters. The van der Waals surface area contributed by atoms with Crippen LogP contribution < -0.4 is 10.2 Å². The van der Waals surface area contributed by atoms with Gasteiger partial charge in [0.25, 0.3) is 0 Å². The van der Waals surface area contributed by atoms with E-state index in [1.807, 2.05) is 12.3 Å². The van der Waals surface area contributed by atoms with Crippen molar-refractivity contribution < 1.29 is 8.42 Å². The second kappa shape index (κ2) is 7.20. The van der Waals surface area contributed by atoms with Crippen LogP contribution in [0.3, 0.4) is 0 Å². The van der Waals surface area contributed by atoms with E-state index >= 15 is 0 Å². The van der Waals surface area contributed by atoms with Gasteiger partial charge in [0, 0.05) is 38.9 Å². The highest BCUT2D eigenvalue weighted by atomic mass is 32.2. The van der Waals surface area contributed by atoms with Gasteiger partial charge in [0.15, 0.2) is 0 Å². The molecule has 1 aliphatic rings. The van der Waals surface area contributed by atoms with Gasteiger partial charge in [-0.05, 0) is 24.6 Å². The molecule has 0 bridgehead atoms. The molecule has 1 aromatic heterocycles. The Bertz CT molecular complexity index is 537. The number of nitrogens with one attached hydrogen (secondary N) is 1. The fourth-order valence-electron chi connectivity index (χ4n) is 2.37. The zero-order valence-electron chi connectivity index (χ0n) is 12.7. The fourth-order valence-corrected chi connectivity index (χ4v) is 3.19. The lowest BCUT2D eigenvalue weighted by Gasteiger charge is -2.34. The van der Waals surface area contributed by atoms with Crippen LogP contribution in [-0.4, -0.2) is 56.7 Å². The number of rotatable bonds is 6. The molecule has 0 atom stereocenters. The number of piperazine rings is 1. The van der Waals surface area contributed by atoms with Crippen molar-refractivity contribution in [2.75, 3.05) is 43.9 Å². The highest BCUT2D eigenvalue weighted by molar-refractivity contribution is 7.88. The second-order valence-electron chi connectivity index (χ2n) is 5.35. The Morgan fingerprint density at radius 1 is 1.24 bits per heavy atom. The first-order chi connectivity index (χ1) is 10.0. The normalized spacial score (nSPS) is 17.1. The molecule has 1 aromatic rings. The predicted molar refractivity (Wildman–Crippen MR) is 84.9 cm³/mol. The van der Waals surface area contributed by atoms with Crippen molar-refractivity contribution in [1.29, 1.82) is 0 Å². The molecular weight excluding hydrogens is 288 g/mol. The van der Waals surface area contributed by atoms with Crippen LogP contribution in [0.15, 0.2) is 18.3 Å². The summed E-state index contributed by atoms with van der Waals surface area (Å²) in [5.41, 5.74) is 1.17. The third-order valence-electron chi connectivity index (χ3n) is 3.60. The van der Waals surface area contributed by atoms with Crippen LogP contribution in [0, 0.1) is 0 Å². The van der Waals surface area contributed by atoms with Crippen molar-refractivity contribution in [1.82, 2.24) is 14.6 Å². The molecule has 6 nitrogen and oxygen atoms in total. The third-order valence-corrected chi connectivity index (χ3v) is 4.90. The lowest BCUT2D eigenvalue weighted by Crippen LogP contribution is -2.48. The summed E-state index contributed by atoms with van der Waals surface area (Å²) in [6.07, 6.45) is 4.27. The molecule has 118 valence electrons. The Balaban J connectivity index is 1.89. The number of hydrogen-bond donors (Lipinski definition) is 1. The topological polar surface area (TPSA) is 65.5 Å². The molecule has 0 aromatic carbocycles. The minimum Gasteiger partial charge on any atom is -0.354 e. The largest absolute Gasteiger partial charge is 0.354 e. The van der Waals surface area contributed by atoms with Crippen molar-refractivity contribution in [3.05, 3.63) is 23.9 Å². The van der Waals surface area contributed by atoms with E-state index < -0.39 is 10.0 Å². The molecule has 0 spiro atoms. The molecule has 2 heterocycles. The number of aromatic nitrogens is 1. The zero-order chi connectivity index (χ0) is 15.3. The van der Waals surface area contributed by atoms with Gasteiger partial charge in [-0.25, -0.2) is 13.4 Å². The van der Waals surface area contributed by atoms with E-state index in [2.05, 4.69) is 28.2 Å². The number of anilines is 1. The number of sulfonamides is 1. The number of hydrogen-bond acceptors (Lipinski definition) is 5. The van der Waals surface area contributed by atoms with Crippen molar-refractivity contribution in [3.8, 4) is 0 Å². The predicted octanol–water partition coefficient (Wildman–Crippen LogP) is 0.663. The van der Waals surface area contributed by atoms with E-state index in [0.29, 0.717) is 26.2 Å². The van der Waals surface area contributed by atoms with E-state index in [-0.39, 0.29) is 0 Å². The summed E-state index contributed by atoms with van der Waals surface area (Å²) in [5.74, 6) is 0.919. The van der Waals surface area contributed by atoms with Crippen LogP contribution in [0.5, 0.6) is 0 Å². The Kier molecular flexibility index (Phi) is 5.55. The number of nitrogens with zero attached hydrogens (tertiary/aromatic N) is 3. The van der Waals surface area contributed by atoms with Gasteiger partial charge in [0.2, 0.25) is 10.0 Å². The maximum atomic E-state index is 11.5. The summed E-state index contributed by atoms with van der Waals surface area (Å²) in [6, 6.07) is 4.09. The Labute approximate surface area is 127 Å². The van der Waals surface area contributed by atoms with Gasteiger partial charge in [-0.2, -0.15) is 4.31 Å². The van der Waals surface area contributed by atoms with Crippen molar-refractivity contribution in [2.45, 2.75) is 19.9 Å². The first-order valence-electron chi connectivity index (χ1n) is 7.36. The van der Waals surface area contributed by atoms with Crippen LogP contribution in [0.4, 0.5) is 5.82 Å². The summed E-state index contributed by atoms with van der Waals surface area (Å²) in [4.78, 5) is 6.62. The molecule has 21 heavy (non-hydrogen) atoms. The molecular formula is C14H24N4O2S.